The quantitative estimate of drug-likeness (QED) is 0.543. The monoisotopic (exact) mass is 144 g/mol. The predicted molar refractivity (Wildman–Crippen MR) is 41.5 cm³/mol. The van der Waals surface area contributed by atoms with Crippen LogP contribution in [0.3, 0.4) is 0 Å². The molecule has 2 heteroatoms. The van der Waals surface area contributed by atoms with E-state index in [4.69, 9.17) is 0 Å². The van der Waals surface area contributed by atoms with Crippen molar-refractivity contribution in [1.82, 2.24) is 0 Å². The molecule has 1 aliphatic rings. The van der Waals surface area contributed by atoms with Gasteiger partial charge >= 0.3 is 0 Å². The Bertz CT molecular complexity index is 116. The minimum atomic E-state index is -0.0984. The van der Waals surface area contributed by atoms with Gasteiger partial charge in [-0.25, -0.2) is 0 Å². The second-order valence-corrected chi connectivity index (χ2v) is 3.50. The van der Waals surface area contributed by atoms with Gasteiger partial charge in [-0.15, -0.1) is 0 Å². The molecule has 0 aromatic carbocycles. The number of hydrogen-bond acceptors (Lipinski definition) is 1. The zero-order valence-electron chi connectivity index (χ0n) is 7.01. The van der Waals surface area contributed by atoms with E-state index in [-0.39, 0.29) is 6.23 Å². The fourth-order valence-corrected chi connectivity index (χ4v) is 1.63. The average Bonchev–Trinajstić information content (AvgIpc) is 1.96. The van der Waals surface area contributed by atoms with Gasteiger partial charge in [-0.3, -0.25) is 0 Å². The Morgan fingerprint density at radius 1 is 1.50 bits per heavy atom. The molecule has 0 amide bonds. The minimum absolute atomic E-state index is 0.0984. The summed E-state index contributed by atoms with van der Waals surface area (Å²) in [6.45, 7) is 4.35. The Morgan fingerprint density at radius 3 is 2.60 bits per heavy atom. The summed E-state index contributed by atoms with van der Waals surface area (Å²) in [5, 5.41) is 9.60. The molecule has 1 rings (SSSR count). The maximum atomic E-state index is 9.60. The molecule has 1 fully saturated rings. The molecular weight excluding hydrogens is 126 g/mol. The predicted octanol–water partition coefficient (Wildman–Crippen LogP) is 0.955. The van der Waals surface area contributed by atoms with Gasteiger partial charge < -0.3 is 9.59 Å². The van der Waals surface area contributed by atoms with Crippen LogP contribution in [-0.2, 0) is 0 Å². The number of likely N-dealkylation sites (tertiary alicyclic amines) is 1. The van der Waals surface area contributed by atoms with E-state index in [1.807, 2.05) is 0 Å². The van der Waals surface area contributed by atoms with Crippen molar-refractivity contribution < 1.29 is 9.59 Å². The summed E-state index contributed by atoms with van der Waals surface area (Å²) in [5.74, 6) is 0. The van der Waals surface area contributed by atoms with Crippen LogP contribution < -0.4 is 0 Å². The summed E-state index contributed by atoms with van der Waals surface area (Å²) < 4.78 is 0.861. The molecule has 0 spiro atoms. The number of piperidine rings is 1. The first-order valence-corrected chi connectivity index (χ1v) is 4.21. The third kappa shape index (κ3) is 1.32. The van der Waals surface area contributed by atoms with Crippen LogP contribution in [0.2, 0.25) is 0 Å². The first-order chi connectivity index (χ1) is 4.69. The van der Waals surface area contributed by atoms with Crippen molar-refractivity contribution >= 4 is 0 Å². The summed E-state index contributed by atoms with van der Waals surface area (Å²) in [6, 6.07) is 0. The van der Waals surface area contributed by atoms with Gasteiger partial charge in [0.15, 0.2) is 6.23 Å². The van der Waals surface area contributed by atoms with Crippen LogP contribution in [0.1, 0.15) is 26.2 Å². The number of quaternary nitrogens is 1. The van der Waals surface area contributed by atoms with Gasteiger partial charge in [0.25, 0.3) is 0 Å². The topological polar surface area (TPSA) is 20.2 Å². The fourth-order valence-electron chi connectivity index (χ4n) is 1.63. The molecule has 60 valence electrons. The van der Waals surface area contributed by atoms with Gasteiger partial charge in [0.2, 0.25) is 0 Å². The molecule has 0 bridgehead atoms. The Labute approximate surface area is 63.1 Å². The Morgan fingerprint density at radius 2 is 2.20 bits per heavy atom. The van der Waals surface area contributed by atoms with Crippen molar-refractivity contribution in [2.24, 2.45) is 0 Å². The standard InChI is InChI=1S/C8H18NO/c1-3-9(2)7-5-4-6-8(9)10/h8,10H,3-7H2,1-2H3/q+1. The number of nitrogens with zero attached hydrogens (tertiary/aromatic N) is 1. The Hall–Kier alpha value is -0.0800. The van der Waals surface area contributed by atoms with E-state index >= 15 is 0 Å². The van der Waals surface area contributed by atoms with Crippen LogP contribution >= 0.6 is 0 Å². The highest BCUT2D eigenvalue weighted by Crippen LogP contribution is 2.20. The van der Waals surface area contributed by atoms with E-state index in [9.17, 15) is 5.11 Å². The van der Waals surface area contributed by atoms with E-state index in [0.29, 0.717) is 0 Å². The first kappa shape index (κ1) is 8.02. The van der Waals surface area contributed by atoms with Crippen molar-refractivity contribution in [3.8, 4) is 0 Å². The van der Waals surface area contributed by atoms with E-state index in [0.717, 1.165) is 24.0 Å². The molecule has 0 aliphatic carbocycles. The van der Waals surface area contributed by atoms with Gasteiger partial charge in [0, 0.05) is 6.42 Å². The van der Waals surface area contributed by atoms with E-state index in [2.05, 4.69) is 14.0 Å². The van der Waals surface area contributed by atoms with Gasteiger partial charge in [-0.1, -0.05) is 0 Å². The van der Waals surface area contributed by atoms with Crippen LogP contribution in [0.15, 0.2) is 0 Å². The van der Waals surface area contributed by atoms with Crippen LogP contribution in [0.4, 0.5) is 0 Å². The lowest BCUT2D eigenvalue weighted by atomic mass is 10.1. The molecule has 2 atom stereocenters. The lowest BCUT2D eigenvalue weighted by Gasteiger charge is -2.40. The van der Waals surface area contributed by atoms with Crippen LogP contribution in [0.25, 0.3) is 0 Å². The number of hydrogen-bond donors (Lipinski definition) is 1. The van der Waals surface area contributed by atoms with E-state index in [1.165, 1.54) is 12.8 Å². The number of aliphatic hydroxyl groups is 1. The van der Waals surface area contributed by atoms with Crippen LogP contribution in [-0.4, -0.2) is 36.0 Å². The van der Waals surface area contributed by atoms with Crippen molar-refractivity contribution in [2.75, 3.05) is 20.1 Å². The number of rotatable bonds is 1. The Balaban J connectivity index is 2.54. The highest BCUT2D eigenvalue weighted by Gasteiger charge is 2.31. The largest absolute Gasteiger partial charge is 0.345 e. The van der Waals surface area contributed by atoms with Crippen molar-refractivity contribution in [1.29, 1.82) is 0 Å². The third-order valence-corrected chi connectivity index (χ3v) is 2.82. The molecule has 1 heterocycles. The molecular formula is C8H18NO+. The van der Waals surface area contributed by atoms with Gasteiger partial charge in [0.05, 0.1) is 20.1 Å². The summed E-state index contributed by atoms with van der Waals surface area (Å²) in [4.78, 5) is 0. The first-order valence-electron chi connectivity index (χ1n) is 4.21. The highest BCUT2D eigenvalue weighted by atomic mass is 16.3. The summed E-state index contributed by atoms with van der Waals surface area (Å²) in [5.41, 5.74) is 0. The lowest BCUT2D eigenvalue weighted by molar-refractivity contribution is -0.957. The molecule has 0 saturated carbocycles. The Kier molecular flexibility index (Phi) is 2.32. The zero-order valence-corrected chi connectivity index (χ0v) is 7.01. The van der Waals surface area contributed by atoms with Gasteiger partial charge in [0.1, 0.15) is 0 Å². The molecule has 1 aliphatic heterocycles. The summed E-state index contributed by atoms with van der Waals surface area (Å²) in [7, 11) is 2.14. The summed E-state index contributed by atoms with van der Waals surface area (Å²) in [6.07, 6.45) is 3.37. The molecule has 1 saturated heterocycles. The molecule has 0 aromatic rings. The fraction of sp³-hybridized carbons (Fsp3) is 1.00. The van der Waals surface area contributed by atoms with Crippen LogP contribution in [0.5, 0.6) is 0 Å². The van der Waals surface area contributed by atoms with E-state index < -0.39 is 0 Å². The van der Waals surface area contributed by atoms with Crippen molar-refractivity contribution in [3.05, 3.63) is 0 Å². The van der Waals surface area contributed by atoms with Gasteiger partial charge in [-0.05, 0) is 19.8 Å². The number of aliphatic hydroxyl groups excluding tert-OH is 1. The molecule has 10 heavy (non-hydrogen) atoms. The van der Waals surface area contributed by atoms with E-state index in [1.54, 1.807) is 0 Å². The normalized spacial score (nSPS) is 41.7. The van der Waals surface area contributed by atoms with Crippen molar-refractivity contribution in [3.63, 3.8) is 0 Å². The van der Waals surface area contributed by atoms with Crippen molar-refractivity contribution in [2.45, 2.75) is 32.4 Å². The molecule has 2 unspecified atom stereocenters. The SMILES string of the molecule is CC[N+]1(C)CCCCC1O. The average molecular weight is 144 g/mol. The maximum Gasteiger partial charge on any atom is 0.190 e. The lowest BCUT2D eigenvalue weighted by Crippen LogP contribution is -2.54. The second kappa shape index (κ2) is 2.89. The zero-order chi connectivity index (χ0) is 7.61. The minimum Gasteiger partial charge on any atom is -0.345 e. The van der Waals surface area contributed by atoms with Crippen LogP contribution in [0, 0.1) is 0 Å². The molecule has 1 N–H and O–H groups in total. The molecule has 2 nitrogen and oxygen atoms in total. The highest BCUT2D eigenvalue weighted by molar-refractivity contribution is 4.54. The summed E-state index contributed by atoms with van der Waals surface area (Å²) >= 11 is 0. The molecule has 0 radical (unpaired) electrons. The third-order valence-electron chi connectivity index (χ3n) is 2.82. The second-order valence-electron chi connectivity index (χ2n) is 3.50. The smallest absolute Gasteiger partial charge is 0.190 e. The molecule has 0 aromatic heterocycles. The van der Waals surface area contributed by atoms with Gasteiger partial charge in [-0.2, -0.15) is 0 Å². The maximum absolute atomic E-state index is 9.60.